The molecule has 0 aliphatic carbocycles. The average Bonchev–Trinajstić information content (AvgIpc) is 2.86. The second-order valence-electron chi connectivity index (χ2n) is 5.03. The molecule has 1 amide bonds. The maximum atomic E-state index is 13.6. The van der Waals surface area contributed by atoms with Gasteiger partial charge in [-0.15, -0.1) is 0 Å². The van der Waals surface area contributed by atoms with Gasteiger partial charge in [0.05, 0.1) is 16.6 Å². The number of hydrogen-bond donors (Lipinski definition) is 1. The van der Waals surface area contributed by atoms with Gasteiger partial charge in [-0.2, -0.15) is 0 Å². The molecule has 3 rings (SSSR count). The highest BCUT2D eigenvalue weighted by Gasteiger charge is 2.17. The number of halogens is 1. The molecule has 3 aromatic rings. The second kappa shape index (κ2) is 5.55. The maximum Gasteiger partial charge on any atom is 0.258 e. The number of hydrogen-bond acceptors (Lipinski definition) is 4. The van der Waals surface area contributed by atoms with Crippen LogP contribution >= 0.6 is 0 Å². The van der Waals surface area contributed by atoms with Crippen LogP contribution in [0.4, 0.5) is 4.39 Å². The van der Waals surface area contributed by atoms with Crippen LogP contribution in [0.2, 0.25) is 0 Å². The Kier molecular flexibility index (Phi) is 3.58. The van der Waals surface area contributed by atoms with Gasteiger partial charge in [-0.25, -0.2) is 9.37 Å². The van der Waals surface area contributed by atoms with Crippen molar-refractivity contribution >= 4 is 17.0 Å². The van der Waals surface area contributed by atoms with Gasteiger partial charge in [0.2, 0.25) is 0 Å². The number of aryl methyl sites for hydroxylation is 2. The van der Waals surface area contributed by atoms with E-state index in [0.29, 0.717) is 33.6 Å². The van der Waals surface area contributed by atoms with Crippen LogP contribution in [0, 0.1) is 19.7 Å². The molecule has 1 N–H and O–H groups in total. The zero-order valence-electron chi connectivity index (χ0n) is 12.2. The third-order valence-corrected chi connectivity index (χ3v) is 3.39. The lowest BCUT2D eigenvalue weighted by atomic mass is 10.1. The standard InChI is InChI=1S/C16H14FN3O2/c1-9-7-12(14-10(2)20-22-16(14)19-9)15(21)18-8-11-5-3-4-6-13(11)17/h3-7H,8H2,1-2H3,(H,18,21). The molecular formula is C16H14FN3O2. The van der Waals surface area contributed by atoms with Crippen molar-refractivity contribution in [2.75, 3.05) is 0 Å². The van der Waals surface area contributed by atoms with Crippen molar-refractivity contribution in [2.24, 2.45) is 0 Å². The predicted octanol–water partition coefficient (Wildman–Crippen LogP) is 2.91. The summed E-state index contributed by atoms with van der Waals surface area (Å²) >= 11 is 0. The van der Waals surface area contributed by atoms with Gasteiger partial charge in [-0.05, 0) is 26.0 Å². The van der Waals surface area contributed by atoms with Crippen molar-refractivity contribution in [1.29, 1.82) is 0 Å². The van der Waals surface area contributed by atoms with Crippen LogP contribution in [0.3, 0.4) is 0 Å². The van der Waals surface area contributed by atoms with Crippen molar-refractivity contribution < 1.29 is 13.7 Å². The van der Waals surface area contributed by atoms with E-state index in [-0.39, 0.29) is 18.3 Å². The normalized spacial score (nSPS) is 10.9. The summed E-state index contributed by atoms with van der Waals surface area (Å²) in [7, 11) is 0. The number of aromatic nitrogens is 2. The topological polar surface area (TPSA) is 68.0 Å². The molecule has 0 bridgehead atoms. The van der Waals surface area contributed by atoms with Gasteiger partial charge >= 0.3 is 0 Å². The Bertz CT molecular complexity index is 858. The summed E-state index contributed by atoms with van der Waals surface area (Å²) in [6.45, 7) is 3.63. The van der Waals surface area contributed by atoms with Crippen LogP contribution in [0.25, 0.3) is 11.1 Å². The lowest BCUT2D eigenvalue weighted by molar-refractivity contribution is 0.0952. The third-order valence-electron chi connectivity index (χ3n) is 3.39. The summed E-state index contributed by atoms with van der Waals surface area (Å²) in [5.41, 5.74) is 2.43. The minimum Gasteiger partial charge on any atom is -0.348 e. The molecule has 112 valence electrons. The molecule has 0 atom stereocenters. The van der Waals surface area contributed by atoms with E-state index in [2.05, 4.69) is 15.5 Å². The molecule has 22 heavy (non-hydrogen) atoms. The van der Waals surface area contributed by atoms with Crippen LogP contribution in [-0.4, -0.2) is 16.0 Å². The zero-order chi connectivity index (χ0) is 15.7. The number of nitrogens with zero attached hydrogens (tertiary/aromatic N) is 2. The number of carbonyl (C=O) groups excluding carboxylic acids is 1. The Balaban J connectivity index is 1.89. The summed E-state index contributed by atoms with van der Waals surface area (Å²) in [5, 5.41) is 7.13. The van der Waals surface area contributed by atoms with Crippen molar-refractivity contribution in [3.8, 4) is 0 Å². The number of pyridine rings is 1. The Labute approximate surface area is 126 Å². The molecular weight excluding hydrogens is 285 g/mol. The smallest absolute Gasteiger partial charge is 0.258 e. The van der Waals surface area contributed by atoms with E-state index in [1.54, 1.807) is 38.1 Å². The lowest BCUT2D eigenvalue weighted by Crippen LogP contribution is -2.23. The molecule has 0 saturated heterocycles. The van der Waals surface area contributed by atoms with Crippen LogP contribution in [-0.2, 0) is 6.54 Å². The molecule has 2 heterocycles. The van der Waals surface area contributed by atoms with E-state index >= 15 is 0 Å². The summed E-state index contributed by atoms with van der Waals surface area (Å²) in [6, 6.07) is 8.00. The first-order valence-electron chi connectivity index (χ1n) is 6.81. The molecule has 0 fully saturated rings. The number of rotatable bonds is 3. The van der Waals surface area contributed by atoms with Gasteiger partial charge in [-0.3, -0.25) is 4.79 Å². The minimum absolute atomic E-state index is 0.110. The third kappa shape index (κ3) is 2.55. The molecule has 1 aromatic carbocycles. The molecule has 0 radical (unpaired) electrons. The summed E-state index contributed by atoms with van der Waals surface area (Å²) in [4.78, 5) is 16.6. The van der Waals surface area contributed by atoms with E-state index in [9.17, 15) is 9.18 Å². The fourth-order valence-electron chi connectivity index (χ4n) is 2.31. The quantitative estimate of drug-likeness (QED) is 0.807. The molecule has 6 heteroatoms. The maximum absolute atomic E-state index is 13.6. The van der Waals surface area contributed by atoms with Crippen LogP contribution in [0.15, 0.2) is 34.9 Å². The van der Waals surface area contributed by atoms with E-state index in [0.717, 1.165) is 0 Å². The second-order valence-corrected chi connectivity index (χ2v) is 5.03. The van der Waals surface area contributed by atoms with Crippen molar-refractivity contribution in [3.05, 3.63) is 58.7 Å². The number of fused-ring (bicyclic) bond motifs is 1. The Hall–Kier alpha value is -2.76. The molecule has 0 spiro atoms. The number of nitrogens with one attached hydrogen (secondary N) is 1. The highest BCUT2D eigenvalue weighted by atomic mass is 19.1. The Morgan fingerprint density at radius 2 is 2.09 bits per heavy atom. The van der Waals surface area contributed by atoms with Crippen molar-refractivity contribution in [1.82, 2.24) is 15.5 Å². The monoisotopic (exact) mass is 299 g/mol. The zero-order valence-corrected chi connectivity index (χ0v) is 12.2. The summed E-state index contributed by atoms with van der Waals surface area (Å²) in [6.07, 6.45) is 0. The molecule has 2 aromatic heterocycles. The summed E-state index contributed by atoms with van der Waals surface area (Å²) in [5.74, 6) is -0.662. The highest BCUT2D eigenvalue weighted by Crippen LogP contribution is 2.21. The first-order valence-corrected chi connectivity index (χ1v) is 6.81. The van der Waals surface area contributed by atoms with Gasteiger partial charge < -0.3 is 9.84 Å². The Morgan fingerprint density at radius 3 is 2.86 bits per heavy atom. The predicted molar refractivity (Wildman–Crippen MR) is 78.8 cm³/mol. The first kappa shape index (κ1) is 14.2. The van der Waals surface area contributed by atoms with Crippen molar-refractivity contribution in [3.63, 3.8) is 0 Å². The lowest BCUT2D eigenvalue weighted by Gasteiger charge is -2.07. The van der Waals surface area contributed by atoms with E-state index in [1.807, 2.05) is 0 Å². The van der Waals surface area contributed by atoms with Crippen LogP contribution in [0.5, 0.6) is 0 Å². The molecule has 0 aliphatic heterocycles. The average molecular weight is 299 g/mol. The van der Waals surface area contributed by atoms with Gasteiger partial charge in [0.25, 0.3) is 11.6 Å². The minimum atomic E-state index is -0.347. The van der Waals surface area contributed by atoms with E-state index in [4.69, 9.17) is 4.52 Å². The fraction of sp³-hybridized carbons (Fsp3) is 0.188. The first-order chi connectivity index (χ1) is 10.6. The van der Waals surface area contributed by atoms with Gasteiger partial charge in [0.15, 0.2) is 0 Å². The Morgan fingerprint density at radius 1 is 1.32 bits per heavy atom. The van der Waals surface area contributed by atoms with Crippen LogP contribution in [0.1, 0.15) is 27.3 Å². The number of benzene rings is 1. The fourth-order valence-corrected chi connectivity index (χ4v) is 2.31. The van der Waals surface area contributed by atoms with Crippen molar-refractivity contribution in [2.45, 2.75) is 20.4 Å². The largest absolute Gasteiger partial charge is 0.348 e. The molecule has 0 unspecified atom stereocenters. The van der Waals surface area contributed by atoms with Gasteiger partial charge in [-0.1, -0.05) is 23.4 Å². The SMILES string of the molecule is Cc1cc(C(=O)NCc2ccccc2F)c2c(C)noc2n1. The number of carbonyl (C=O) groups is 1. The van der Waals surface area contributed by atoms with Gasteiger partial charge in [0.1, 0.15) is 5.82 Å². The summed E-state index contributed by atoms with van der Waals surface area (Å²) < 4.78 is 18.7. The van der Waals surface area contributed by atoms with Gasteiger partial charge in [0, 0.05) is 17.8 Å². The molecule has 0 aliphatic rings. The van der Waals surface area contributed by atoms with E-state index < -0.39 is 0 Å². The highest BCUT2D eigenvalue weighted by molar-refractivity contribution is 6.05. The van der Waals surface area contributed by atoms with E-state index in [1.165, 1.54) is 6.07 Å². The molecule has 5 nitrogen and oxygen atoms in total. The van der Waals surface area contributed by atoms with Crippen LogP contribution < -0.4 is 5.32 Å². The number of amides is 1. The molecule has 0 saturated carbocycles.